The highest BCUT2D eigenvalue weighted by atomic mass is 15.2. The molecule has 2 heteroatoms. The fourth-order valence-corrected chi connectivity index (χ4v) is 11.3. The van der Waals surface area contributed by atoms with E-state index in [1.165, 1.54) is 128 Å². The first-order valence-corrected chi connectivity index (χ1v) is 21.8. The van der Waals surface area contributed by atoms with E-state index in [2.05, 4.69) is 189 Å². The zero-order chi connectivity index (χ0) is 40.2. The van der Waals surface area contributed by atoms with Crippen molar-refractivity contribution in [2.24, 2.45) is 0 Å². The van der Waals surface area contributed by atoms with Gasteiger partial charge in [-0.25, -0.2) is 0 Å². The molecule has 12 rings (SSSR count). The minimum Gasteiger partial charge on any atom is -0.313 e. The lowest BCUT2D eigenvalue weighted by molar-refractivity contribution is 0.796. The molecule has 290 valence electrons. The molecule has 0 saturated carbocycles. The van der Waals surface area contributed by atoms with Crippen LogP contribution in [0.3, 0.4) is 0 Å². The van der Waals surface area contributed by atoms with Crippen LogP contribution in [0.5, 0.6) is 0 Å². The molecule has 0 N–H and O–H groups in total. The van der Waals surface area contributed by atoms with Gasteiger partial charge in [0.2, 0.25) is 0 Å². The van der Waals surface area contributed by atoms with Crippen LogP contribution in [-0.2, 0) is 19.3 Å². The fourth-order valence-electron chi connectivity index (χ4n) is 11.3. The van der Waals surface area contributed by atoms with E-state index in [1.54, 1.807) is 0 Å². The van der Waals surface area contributed by atoms with Crippen molar-refractivity contribution in [2.45, 2.75) is 65.7 Å². The number of rotatable bonds is 4. The van der Waals surface area contributed by atoms with Crippen LogP contribution in [0.25, 0.3) is 38.4 Å². The van der Waals surface area contributed by atoms with Crippen LogP contribution in [-0.4, -0.2) is 0 Å². The number of fused-ring (bicyclic) bond motifs is 4. The van der Waals surface area contributed by atoms with Gasteiger partial charge in [0.15, 0.2) is 0 Å². The summed E-state index contributed by atoms with van der Waals surface area (Å²) >= 11 is 0. The van der Waals surface area contributed by atoms with Gasteiger partial charge >= 0.3 is 0 Å². The minimum absolute atomic E-state index is 0.398. The molecular weight excluding hydrogens is 725 g/mol. The van der Waals surface area contributed by atoms with E-state index in [0.717, 1.165) is 32.1 Å². The van der Waals surface area contributed by atoms with E-state index >= 15 is 0 Å². The Morgan fingerprint density at radius 2 is 1.22 bits per heavy atom. The van der Waals surface area contributed by atoms with Crippen LogP contribution in [0.15, 0.2) is 157 Å². The molecule has 2 nitrogen and oxygen atoms in total. The predicted molar refractivity (Wildman–Crippen MR) is 254 cm³/mol. The summed E-state index contributed by atoms with van der Waals surface area (Å²) in [6.07, 6.45) is 11.7. The second-order valence-corrected chi connectivity index (χ2v) is 17.8. The second-order valence-electron chi connectivity index (χ2n) is 17.8. The summed E-state index contributed by atoms with van der Waals surface area (Å²) in [6.45, 7) is 9.10. The van der Waals surface area contributed by atoms with E-state index in [0.29, 0.717) is 5.92 Å². The minimum atomic E-state index is 0.398. The molecule has 8 aromatic rings. The molecule has 2 aliphatic heterocycles. The molecule has 2 aliphatic carbocycles. The molecule has 8 aromatic carbocycles. The van der Waals surface area contributed by atoms with Crippen LogP contribution in [0, 0.1) is 20.8 Å². The third-order valence-electron chi connectivity index (χ3n) is 14.2. The molecule has 1 atom stereocenters. The Morgan fingerprint density at radius 1 is 0.517 bits per heavy atom. The first-order chi connectivity index (χ1) is 29.4. The lowest BCUT2D eigenvalue weighted by atomic mass is 9.83. The van der Waals surface area contributed by atoms with Crippen LogP contribution in [0.1, 0.15) is 75.8 Å². The van der Waals surface area contributed by atoms with Crippen molar-refractivity contribution in [1.82, 2.24) is 0 Å². The third-order valence-corrected chi connectivity index (χ3v) is 14.2. The summed E-state index contributed by atoms with van der Waals surface area (Å²) in [5, 5.41) is 6.77. The maximum atomic E-state index is 2.67. The fraction of sp³-hybridized carbons (Fsp3) is 0.172. The lowest BCUT2D eigenvalue weighted by Gasteiger charge is -2.38. The molecule has 0 bridgehead atoms. The molecule has 0 spiro atoms. The predicted octanol–water partition coefficient (Wildman–Crippen LogP) is 14.5. The largest absolute Gasteiger partial charge is 0.313 e. The molecular formula is C58H48N2. The van der Waals surface area contributed by atoms with E-state index in [4.69, 9.17) is 0 Å². The molecule has 0 radical (unpaired) electrons. The molecule has 4 aliphatic rings. The lowest BCUT2D eigenvalue weighted by Crippen LogP contribution is -2.30. The van der Waals surface area contributed by atoms with Crippen molar-refractivity contribution in [1.29, 1.82) is 0 Å². The van der Waals surface area contributed by atoms with Crippen molar-refractivity contribution >= 4 is 55.7 Å². The van der Waals surface area contributed by atoms with Gasteiger partial charge < -0.3 is 9.80 Å². The highest BCUT2D eigenvalue weighted by molar-refractivity contribution is 6.18. The summed E-state index contributed by atoms with van der Waals surface area (Å²) < 4.78 is 0. The van der Waals surface area contributed by atoms with E-state index in [9.17, 15) is 0 Å². The van der Waals surface area contributed by atoms with Crippen molar-refractivity contribution in [3.63, 3.8) is 0 Å². The monoisotopic (exact) mass is 772 g/mol. The Kier molecular flexibility index (Phi) is 7.91. The van der Waals surface area contributed by atoms with E-state index in [1.807, 2.05) is 0 Å². The SMILES string of the molecule is CC1=CC=CCC1c1ccc2c(c1)N(c1ccc3ccc4c5c(ccc1c35)CCC=4N1c3cc(-c4ccccc4C)ccc3Cc3cccc(C)c31)c1c(C)cccc1C2. The Balaban J connectivity index is 1.11. The zero-order valence-electron chi connectivity index (χ0n) is 34.9. The number of nitrogens with zero attached hydrogens (tertiary/aromatic N) is 2. The van der Waals surface area contributed by atoms with Gasteiger partial charge in [-0.3, -0.25) is 0 Å². The number of hydrogen-bond acceptors (Lipinski definition) is 2. The maximum Gasteiger partial charge on any atom is 0.0541 e. The standard InChI is InChI=1S/C58H48N2/c1-35-11-5-7-17-47(35)41-19-21-43-31-45-15-9-13-37(3)57(45)59(53(43)33-41)51-29-25-39-24-28-50-52(30-26-40-23-27-49(51)55(39)56(40)50)60-54-34-42(48-18-8-6-12-36(48)2)20-22-44(54)32-46-16-10-14-38(4)58(46)60/h5-17,19-24,26-28,30,33-34,48H,18,25,29,31-32H2,1-4H3. The summed E-state index contributed by atoms with van der Waals surface area (Å²) in [6, 6.07) is 51.5. The molecule has 1 unspecified atom stereocenters. The molecule has 0 fully saturated rings. The molecule has 2 heterocycles. The van der Waals surface area contributed by atoms with Gasteiger partial charge in [-0.05, 0) is 143 Å². The summed E-state index contributed by atoms with van der Waals surface area (Å²) in [5.74, 6) is 0.398. The molecule has 60 heavy (non-hydrogen) atoms. The van der Waals surface area contributed by atoms with Crippen LogP contribution < -0.4 is 15.0 Å². The third kappa shape index (κ3) is 5.26. The average molecular weight is 773 g/mol. The van der Waals surface area contributed by atoms with Gasteiger partial charge in [0, 0.05) is 46.4 Å². The van der Waals surface area contributed by atoms with E-state index in [-0.39, 0.29) is 0 Å². The quantitative estimate of drug-likeness (QED) is 0.176. The first-order valence-electron chi connectivity index (χ1n) is 21.8. The van der Waals surface area contributed by atoms with Crippen molar-refractivity contribution in [3.8, 4) is 11.1 Å². The number of aryl methyl sites for hydroxylation is 4. The van der Waals surface area contributed by atoms with E-state index < -0.39 is 0 Å². The number of benzene rings is 8. The Labute approximate surface area is 353 Å². The average Bonchev–Trinajstić information content (AvgIpc) is 3.27. The zero-order valence-corrected chi connectivity index (χ0v) is 34.9. The number of hydrogen-bond donors (Lipinski definition) is 0. The number of allylic oxidation sites excluding steroid dienone is 4. The Hall–Kier alpha value is -6.64. The molecule has 0 amide bonds. The van der Waals surface area contributed by atoms with Crippen molar-refractivity contribution in [2.75, 3.05) is 9.80 Å². The van der Waals surface area contributed by atoms with Gasteiger partial charge in [-0.1, -0.05) is 139 Å². The van der Waals surface area contributed by atoms with Gasteiger partial charge in [0.1, 0.15) is 0 Å². The van der Waals surface area contributed by atoms with Crippen LogP contribution in [0.2, 0.25) is 0 Å². The maximum absolute atomic E-state index is 2.67. The molecule has 0 saturated heterocycles. The topological polar surface area (TPSA) is 6.48 Å². The Bertz CT molecular complexity index is 3250. The summed E-state index contributed by atoms with van der Waals surface area (Å²) in [5.41, 5.74) is 24.3. The normalized spacial score (nSPS) is 16.4. The smallest absolute Gasteiger partial charge is 0.0541 e. The first kappa shape index (κ1) is 35.3. The summed E-state index contributed by atoms with van der Waals surface area (Å²) in [4.78, 5) is 5.29. The van der Waals surface area contributed by atoms with Crippen LogP contribution >= 0.6 is 0 Å². The number of anilines is 5. The van der Waals surface area contributed by atoms with Crippen molar-refractivity contribution in [3.05, 3.63) is 213 Å². The highest BCUT2D eigenvalue weighted by Gasteiger charge is 2.32. The Morgan fingerprint density at radius 3 is 2.00 bits per heavy atom. The van der Waals surface area contributed by atoms with Gasteiger partial charge in [0.05, 0.1) is 17.1 Å². The number of para-hydroxylation sites is 2. The van der Waals surface area contributed by atoms with Gasteiger partial charge in [-0.2, -0.15) is 0 Å². The highest BCUT2D eigenvalue weighted by Crippen LogP contribution is 2.51. The summed E-state index contributed by atoms with van der Waals surface area (Å²) in [7, 11) is 0. The van der Waals surface area contributed by atoms with Crippen LogP contribution in [0.4, 0.5) is 28.4 Å². The van der Waals surface area contributed by atoms with Gasteiger partial charge in [-0.15, -0.1) is 0 Å². The van der Waals surface area contributed by atoms with Gasteiger partial charge in [0.25, 0.3) is 0 Å². The molecule has 0 aromatic heterocycles. The second kappa shape index (κ2) is 13.4. The van der Waals surface area contributed by atoms with Crippen molar-refractivity contribution < 1.29 is 0 Å².